The van der Waals surface area contributed by atoms with E-state index < -0.39 is 0 Å². The maximum absolute atomic E-state index is 12.3. The summed E-state index contributed by atoms with van der Waals surface area (Å²) in [5.74, 6) is 0.576. The van der Waals surface area contributed by atoms with E-state index in [0.29, 0.717) is 37.9 Å². The minimum absolute atomic E-state index is 0.0159. The minimum Gasteiger partial charge on any atom is -0.469 e. The molecule has 0 amide bonds. The lowest BCUT2D eigenvalue weighted by Gasteiger charge is -2.20. The summed E-state index contributed by atoms with van der Waals surface area (Å²) in [4.78, 5) is 35.3. The van der Waals surface area contributed by atoms with Crippen LogP contribution < -0.4 is 0 Å². The van der Waals surface area contributed by atoms with Crippen molar-refractivity contribution in [2.75, 3.05) is 7.11 Å². The van der Waals surface area contributed by atoms with Crippen LogP contribution in [0.3, 0.4) is 0 Å². The van der Waals surface area contributed by atoms with E-state index >= 15 is 0 Å². The summed E-state index contributed by atoms with van der Waals surface area (Å²) in [6.45, 7) is 2.13. The predicted octanol–water partition coefficient (Wildman–Crippen LogP) is 4.71. The van der Waals surface area contributed by atoms with Gasteiger partial charge in [0.15, 0.2) is 0 Å². The molecule has 0 heterocycles. The fourth-order valence-corrected chi connectivity index (χ4v) is 4.10. The van der Waals surface area contributed by atoms with Crippen molar-refractivity contribution in [2.45, 2.75) is 82.8 Å². The van der Waals surface area contributed by atoms with Gasteiger partial charge in [0.2, 0.25) is 0 Å². The number of hydrogen-bond donors (Lipinski definition) is 1. The maximum Gasteiger partial charge on any atom is 0.305 e. The van der Waals surface area contributed by atoms with Gasteiger partial charge in [0.05, 0.1) is 7.11 Å². The lowest BCUT2D eigenvalue weighted by Crippen LogP contribution is -2.19. The van der Waals surface area contributed by atoms with Crippen LogP contribution in [0.4, 0.5) is 0 Å². The Morgan fingerprint density at radius 3 is 2.62 bits per heavy atom. The molecule has 26 heavy (non-hydrogen) atoms. The Morgan fingerprint density at radius 2 is 1.92 bits per heavy atom. The molecule has 5 heteroatoms. The quantitative estimate of drug-likeness (QED) is 0.217. The van der Waals surface area contributed by atoms with E-state index in [2.05, 4.69) is 24.3 Å². The molecule has 0 aliphatic heterocycles. The number of Topliss-reactive ketones (excluding diaryl/α,β-unsaturated/α-hetero) is 2. The van der Waals surface area contributed by atoms with Crippen LogP contribution in [0.15, 0.2) is 12.2 Å². The number of rotatable bonds is 13. The van der Waals surface area contributed by atoms with Crippen molar-refractivity contribution >= 4 is 30.2 Å². The molecule has 1 fully saturated rings. The number of ether oxygens (including phenoxy) is 1. The number of hydrogen-bond acceptors (Lipinski definition) is 5. The fraction of sp³-hybridized carbons (Fsp3) is 0.762. The van der Waals surface area contributed by atoms with Gasteiger partial charge in [-0.05, 0) is 38.0 Å². The van der Waals surface area contributed by atoms with Gasteiger partial charge in [-0.2, -0.15) is 12.6 Å². The first-order chi connectivity index (χ1) is 12.5. The third kappa shape index (κ3) is 8.52. The van der Waals surface area contributed by atoms with Crippen LogP contribution in [0.5, 0.6) is 0 Å². The van der Waals surface area contributed by atoms with Gasteiger partial charge in [-0.25, -0.2) is 0 Å². The van der Waals surface area contributed by atoms with E-state index in [0.717, 1.165) is 38.5 Å². The highest BCUT2D eigenvalue weighted by atomic mass is 32.1. The zero-order valence-electron chi connectivity index (χ0n) is 16.2. The maximum atomic E-state index is 12.3. The van der Waals surface area contributed by atoms with Crippen LogP contribution in [0.25, 0.3) is 0 Å². The molecule has 2 unspecified atom stereocenters. The molecule has 1 rings (SSSR count). The van der Waals surface area contributed by atoms with Crippen LogP contribution in [-0.4, -0.2) is 29.9 Å². The molecule has 0 bridgehead atoms. The van der Waals surface area contributed by atoms with Gasteiger partial charge in [0, 0.05) is 36.9 Å². The molecule has 0 aromatic heterocycles. The van der Waals surface area contributed by atoms with E-state index in [9.17, 15) is 14.4 Å². The molecule has 3 atom stereocenters. The van der Waals surface area contributed by atoms with Crippen molar-refractivity contribution in [3.63, 3.8) is 0 Å². The SMILES string of the molecule is CCCCCC(=O)CCC1C(CC=CCCCC(=O)OC)C(=O)C[C@H]1S. The number of carbonyl (C=O) groups excluding carboxylic acids is 3. The lowest BCUT2D eigenvalue weighted by atomic mass is 9.87. The molecule has 1 aliphatic rings. The van der Waals surface area contributed by atoms with Crippen molar-refractivity contribution in [3.8, 4) is 0 Å². The average molecular weight is 383 g/mol. The summed E-state index contributed by atoms with van der Waals surface area (Å²) in [6.07, 6.45) is 12.5. The van der Waals surface area contributed by atoms with Crippen molar-refractivity contribution < 1.29 is 19.1 Å². The standard InChI is InChI=1S/C21H34O4S/c1-3-4-7-10-16(22)13-14-18-17(19(23)15-20(18)26)11-8-5-6-9-12-21(24)25-2/h5,8,17-18,20,26H,3-4,6-7,9-15H2,1-2H3/t17?,18?,20-/m1/s1. The topological polar surface area (TPSA) is 60.4 Å². The third-order valence-electron chi connectivity index (χ3n) is 5.19. The summed E-state index contributed by atoms with van der Waals surface area (Å²) in [6, 6.07) is 0. The highest BCUT2D eigenvalue weighted by Gasteiger charge is 2.39. The first kappa shape index (κ1) is 22.9. The summed E-state index contributed by atoms with van der Waals surface area (Å²) in [5, 5.41) is 0.0728. The largest absolute Gasteiger partial charge is 0.469 e. The fourth-order valence-electron chi connectivity index (χ4n) is 3.57. The van der Waals surface area contributed by atoms with Crippen molar-refractivity contribution in [3.05, 3.63) is 12.2 Å². The van der Waals surface area contributed by atoms with Gasteiger partial charge in [0.25, 0.3) is 0 Å². The van der Waals surface area contributed by atoms with Gasteiger partial charge in [-0.1, -0.05) is 31.9 Å². The number of carbonyl (C=O) groups is 3. The Kier molecular flexibility index (Phi) is 11.6. The Morgan fingerprint density at radius 1 is 1.15 bits per heavy atom. The number of ketones is 2. The van der Waals surface area contributed by atoms with E-state index in [1.165, 1.54) is 7.11 Å². The third-order valence-corrected chi connectivity index (χ3v) is 5.75. The van der Waals surface area contributed by atoms with E-state index in [-0.39, 0.29) is 28.8 Å². The second-order valence-electron chi connectivity index (χ2n) is 7.22. The number of thiol groups is 1. The van der Waals surface area contributed by atoms with Gasteiger partial charge < -0.3 is 4.74 Å². The highest BCUT2D eigenvalue weighted by Crippen LogP contribution is 2.38. The average Bonchev–Trinajstić information content (AvgIpc) is 2.89. The zero-order valence-corrected chi connectivity index (χ0v) is 17.1. The monoisotopic (exact) mass is 382 g/mol. The van der Waals surface area contributed by atoms with Crippen molar-refractivity contribution in [1.29, 1.82) is 0 Å². The molecule has 0 aromatic carbocycles. The second kappa shape index (κ2) is 13.1. The Bertz CT molecular complexity index is 486. The molecule has 4 nitrogen and oxygen atoms in total. The zero-order chi connectivity index (χ0) is 19.4. The van der Waals surface area contributed by atoms with Crippen molar-refractivity contribution in [1.82, 2.24) is 0 Å². The minimum atomic E-state index is -0.189. The predicted molar refractivity (Wildman–Crippen MR) is 107 cm³/mol. The number of methoxy groups -OCH3 is 1. The summed E-state index contributed by atoms with van der Waals surface area (Å²) in [5.41, 5.74) is 0. The van der Waals surface area contributed by atoms with Crippen LogP contribution in [0.2, 0.25) is 0 Å². The van der Waals surface area contributed by atoms with Gasteiger partial charge in [0.1, 0.15) is 11.6 Å². The van der Waals surface area contributed by atoms with Gasteiger partial charge in [-0.3, -0.25) is 14.4 Å². The second-order valence-corrected chi connectivity index (χ2v) is 7.88. The molecular weight excluding hydrogens is 348 g/mol. The number of allylic oxidation sites excluding steroid dienone is 2. The van der Waals surface area contributed by atoms with Gasteiger partial charge >= 0.3 is 5.97 Å². The van der Waals surface area contributed by atoms with Crippen LogP contribution in [0, 0.1) is 11.8 Å². The first-order valence-electron chi connectivity index (χ1n) is 9.93. The Hall–Kier alpha value is -1.10. The van der Waals surface area contributed by atoms with Crippen molar-refractivity contribution in [2.24, 2.45) is 11.8 Å². The van der Waals surface area contributed by atoms with E-state index in [1.807, 2.05) is 12.2 Å². The smallest absolute Gasteiger partial charge is 0.305 e. The van der Waals surface area contributed by atoms with Crippen LogP contribution in [0.1, 0.15) is 77.6 Å². The Balaban J connectivity index is 2.38. The van der Waals surface area contributed by atoms with Crippen LogP contribution >= 0.6 is 12.6 Å². The van der Waals surface area contributed by atoms with E-state index in [4.69, 9.17) is 0 Å². The molecule has 1 saturated carbocycles. The molecule has 0 saturated heterocycles. The molecule has 0 N–H and O–H groups in total. The summed E-state index contributed by atoms with van der Waals surface area (Å²) in [7, 11) is 1.40. The molecule has 148 valence electrons. The number of esters is 1. The van der Waals surface area contributed by atoms with Crippen LogP contribution in [-0.2, 0) is 19.1 Å². The highest BCUT2D eigenvalue weighted by molar-refractivity contribution is 7.81. The molecular formula is C21H34O4S. The molecule has 0 aromatic rings. The molecule has 0 spiro atoms. The summed E-state index contributed by atoms with van der Waals surface area (Å²) < 4.78 is 4.61. The first-order valence-corrected chi connectivity index (χ1v) is 10.5. The number of unbranched alkanes of at least 4 members (excludes halogenated alkanes) is 3. The summed E-state index contributed by atoms with van der Waals surface area (Å²) >= 11 is 4.60. The normalized spacial score (nSPS) is 22.9. The molecule has 0 radical (unpaired) electrons. The lowest BCUT2D eigenvalue weighted by molar-refractivity contribution is -0.140. The van der Waals surface area contributed by atoms with Gasteiger partial charge in [-0.15, -0.1) is 0 Å². The molecule has 1 aliphatic carbocycles. The Labute approximate surface area is 163 Å². The van der Waals surface area contributed by atoms with E-state index in [1.54, 1.807) is 0 Å².